The van der Waals surface area contributed by atoms with Crippen molar-refractivity contribution < 1.29 is 9.90 Å². The molecule has 0 radical (unpaired) electrons. The minimum Gasteiger partial charge on any atom is -0.391 e. The van der Waals surface area contributed by atoms with Crippen molar-refractivity contribution in [2.75, 3.05) is 32.5 Å². The molecule has 2 aliphatic rings. The summed E-state index contributed by atoms with van der Waals surface area (Å²) in [4.78, 5) is 17.9. The zero-order valence-electron chi connectivity index (χ0n) is 17.3. The van der Waals surface area contributed by atoms with Gasteiger partial charge >= 0.3 is 0 Å². The zero-order valence-corrected chi connectivity index (χ0v) is 17.3. The van der Waals surface area contributed by atoms with E-state index in [1.54, 1.807) is 0 Å². The molecule has 1 aromatic carbocycles. The van der Waals surface area contributed by atoms with Crippen molar-refractivity contribution in [2.24, 2.45) is 0 Å². The second kappa shape index (κ2) is 8.29. The van der Waals surface area contributed by atoms with Crippen LogP contribution in [-0.4, -0.2) is 65.7 Å². The largest absolute Gasteiger partial charge is 0.391 e. The number of anilines is 1. The van der Waals surface area contributed by atoms with Crippen LogP contribution in [0.1, 0.15) is 49.7 Å². The first kappa shape index (κ1) is 20.3. The molecule has 1 heterocycles. The minimum absolute atomic E-state index is 0.0914. The standard InChI is InChI=1S/C22H35N3O2/c1-16-8-7-9-17(2)20(16)23-21(27)22(24(3)4)12-14-25(15-13-22)18-10-5-6-11-19(18)26/h7-9,18-19,26H,5-6,10-15H2,1-4H3,(H,23,27)/t18-,19-/m0/s1. The van der Waals surface area contributed by atoms with Gasteiger partial charge in [0.05, 0.1) is 6.10 Å². The molecule has 1 aliphatic carbocycles. The quantitative estimate of drug-likeness (QED) is 0.852. The third-order valence-corrected chi connectivity index (χ3v) is 6.79. The number of likely N-dealkylation sites (tertiary alicyclic amines) is 1. The van der Waals surface area contributed by atoms with E-state index in [2.05, 4.69) is 15.1 Å². The molecule has 2 atom stereocenters. The number of likely N-dealkylation sites (N-methyl/N-ethyl adjacent to an activating group) is 1. The Hall–Kier alpha value is -1.43. The van der Waals surface area contributed by atoms with Crippen LogP contribution < -0.4 is 5.32 Å². The van der Waals surface area contributed by atoms with Gasteiger partial charge in [0, 0.05) is 24.8 Å². The molecular formula is C22H35N3O2. The Morgan fingerprint density at radius 1 is 1.15 bits per heavy atom. The van der Waals surface area contributed by atoms with Crippen LogP contribution in [0.3, 0.4) is 0 Å². The highest BCUT2D eigenvalue weighted by atomic mass is 16.3. The van der Waals surface area contributed by atoms with Crippen LogP contribution in [0.25, 0.3) is 0 Å². The van der Waals surface area contributed by atoms with E-state index in [0.717, 1.165) is 62.0 Å². The fourth-order valence-electron chi connectivity index (χ4n) is 4.86. The maximum absolute atomic E-state index is 13.4. The van der Waals surface area contributed by atoms with Gasteiger partial charge in [-0.25, -0.2) is 0 Å². The number of nitrogens with one attached hydrogen (secondary N) is 1. The second-order valence-electron chi connectivity index (χ2n) is 8.60. The smallest absolute Gasteiger partial charge is 0.244 e. The molecule has 0 bridgehead atoms. The first-order valence-corrected chi connectivity index (χ1v) is 10.3. The summed E-state index contributed by atoms with van der Waals surface area (Å²) < 4.78 is 0. The average molecular weight is 374 g/mol. The molecule has 0 aromatic heterocycles. The summed E-state index contributed by atoms with van der Waals surface area (Å²) in [6, 6.07) is 6.37. The molecule has 5 nitrogen and oxygen atoms in total. The Bertz CT molecular complexity index is 645. The molecule has 1 saturated heterocycles. The van der Waals surface area contributed by atoms with Crippen molar-refractivity contribution in [3.63, 3.8) is 0 Å². The Labute approximate surface area is 163 Å². The van der Waals surface area contributed by atoms with Crippen LogP contribution in [-0.2, 0) is 4.79 Å². The van der Waals surface area contributed by atoms with Crippen molar-refractivity contribution >= 4 is 11.6 Å². The Morgan fingerprint density at radius 2 is 1.74 bits per heavy atom. The van der Waals surface area contributed by atoms with Crippen LogP contribution in [0, 0.1) is 13.8 Å². The topological polar surface area (TPSA) is 55.8 Å². The number of carbonyl (C=O) groups excluding carboxylic acids is 1. The monoisotopic (exact) mass is 373 g/mol. The van der Waals surface area contributed by atoms with Gasteiger partial charge in [0.2, 0.25) is 5.91 Å². The highest BCUT2D eigenvalue weighted by Gasteiger charge is 2.45. The third-order valence-electron chi connectivity index (χ3n) is 6.79. The van der Waals surface area contributed by atoms with E-state index >= 15 is 0 Å². The number of piperidine rings is 1. The number of rotatable bonds is 4. The SMILES string of the molecule is Cc1cccc(C)c1NC(=O)C1(N(C)C)CCN([C@H]2CCCC[C@@H]2O)CC1. The number of benzene rings is 1. The average Bonchev–Trinajstić information content (AvgIpc) is 2.65. The van der Waals surface area contributed by atoms with E-state index in [1.165, 1.54) is 6.42 Å². The Morgan fingerprint density at radius 3 is 2.30 bits per heavy atom. The molecule has 27 heavy (non-hydrogen) atoms. The maximum atomic E-state index is 13.4. The first-order chi connectivity index (χ1) is 12.8. The lowest BCUT2D eigenvalue weighted by Crippen LogP contribution is -2.61. The van der Waals surface area contributed by atoms with Gasteiger partial charge in [-0.2, -0.15) is 0 Å². The summed E-state index contributed by atoms with van der Waals surface area (Å²) in [5.41, 5.74) is 2.64. The molecule has 1 amide bonds. The molecule has 150 valence electrons. The molecule has 0 unspecified atom stereocenters. The summed E-state index contributed by atoms with van der Waals surface area (Å²) in [5, 5.41) is 13.6. The number of amides is 1. The van der Waals surface area contributed by atoms with Gasteiger partial charge in [0.1, 0.15) is 5.54 Å². The van der Waals surface area contributed by atoms with E-state index in [-0.39, 0.29) is 18.1 Å². The molecule has 2 N–H and O–H groups in total. The lowest BCUT2D eigenvalue weighted by atomic mass is 9.82. The number of carbonyl (C=O) groups is 1. The summed E-state index contributed by atoms with van der Waals surface area (Å²) in [6.07, 6.45) is 5.68. The molecule has 5 heteroatoms. The second-order valence-corrected chi connectivity index (χ2v) is 8.60. The van der Waals surface area contributed by atoms with Gasteiger partial charge in [0.25, 0.3) is 0 Å². The number of para-hydroxylation sites is 1. The van der Waals surface area contributed by atoms with Gasteiger partial charge in [-0.1, -0.05) is 31.0 Å². The van der Waals surface area contributed by atoms with Gasteiger partial charge in [0.15, 0.2) is 0 Å². The third kappa shape index (κ3) is 4.05. The molecule has 2 fully saturated rings. The number of hydrogen-bond acceptors (Lipinski definition) is 4. The van der Waals surface area contributed by atoms with Crippen LogP contribution in [0.2, 0.25) is 0 Å². The summed E-state index contributed by atoms with van der Waals surface area (Å²) >= 11 is 0. The molecule has 1 aromatic rings. The summed E-state index contributed by atoms with van der Waals surface area (Å²) in [6.45, 7) is 5.80. The molecule has 1 saturated carbocycles. The predicted molar refractivity (Wildman–Crippen MR) is 110 cm³/mol. The Kier molecular flexibility index (Phi) is 6.24. The zero-order chi connectivity index (χ0) is 19.6. The lowest BCUT2D eigenvalue weighted by molar-refractivity contribution is -0.130. The van der Waals surface area contributed by atoms with E-state index in [9.17, 15) is 9.90 Å². The van der Waals surface area contributed by atoms with E-state index in [4.69, 9.17) is 0 Å². The van der Waals surface area contributed by atoms with Crippen molar-refractivity contribution in [1.29, 1.82) is 0 Å². The fraction of sp³-hybridized carbons (Fsp3) is 0.682. The number of aliphatic hydroxyl groups excluding tert-OH is 1. The molecule has 1 aliphatic heterocycles. The molecule has 0 spiro atoms. The maximum Gasteiger partial charge on any atom is 0.244 e. The van der Waals surface area contributed by atoms with Crippen molar-refractivity contribution in [3.05, 3.63) is 29.3 Å². The van der Waals surface area contributed by atoms with Crippen LogP contribution in [0.5, 0.6) is 0 Å². The normalized spacial score (nSPS) is 26.1. The molecule has 3 rings (SSSR count). The van der Waals surface area contributed by atoms with E-state index in [1.807, 2.05) is 46.1 Å². The van der Waals surface area contributed by atoms with Crippen LogP contribution >= 0.6 is 0 Å². The van der Waals surface area contributed by atoms with Crippen LogP contribution in [0.15, 0.2) is 18.2 Å². The van der Waals surface area contributed by atoms with E-state index in [0.29, 0.717) is 0 Å². The van der Waals surface area contributed by atoms with Gasteiger partial charge in [-0.05, 0) is 64.8 Å². The highest BCUT2D eigenvalue weighted by Crippen LogP contribution is 2.33. The van der Waals surface area contributed by atoms with Gasteiger partial charge < -0.3 is 10.4 Å². The number of nitrogens with zero attached hydrogens (tertiary/aromatic N) is 2. The summed E-state index contributed by atoms with van der Waals surface area (Å²) in [7, 11) is 4.02. The van der Waals surface area contributed by atoms with Crippen molar-refractivity contribution in [1.82, 2.24) is 9.80 Å². The molecular weight excluding hydrogens is 338 g/mol. The minimum atomic E-state index is -0.495. The fourth-order valence-corrected chi connectivity index (χ4v) is 4.86. The van der Waals surface area contributed by atoms with E-state index < -0.39 is 5.54 Å². The van der Waals surface area contributed by atoms with Gasteiger partial charge in [-0.3, -0.25) is 14.6 Å². The summed E-state index contributed by atoms with van der Waals surface area (Å²) in [5.74, 6) is 0.0914. The lowest BCUT2D eigenvalue weighted by Gasteiger charge is -2.48. The van der Waals surface area contributed by atoms with Crippen molar-refractivity contribution in [3.8, 4) is 0 Å². The first-order valence-electron chi connectivity index (χ1n) is 10.3. The number of aryl methyl sites for hydroxylation is 2. The number of aliphatic hydroxyl groups is 1. The van der Waals surface area contributed by atoms with Gasteiger partial charge in [-0.15, -0.1) is 0 Å². The predicted octanol–water partition coefficient (Wildman–Crippen LogP) is 2.94. The number of hydrogen-bond donors (Lipinski definition) is 2. The Balaban J connectivity index is 1.73. The van der Waals surface area contributed by atoms with Crippen molar-refractivity contribution in [2.45, 2.75) is 70.1 Å². The van der Waals surface area contributed by atoms with Crippen LogP contribution in [0.4, 0.5) is 5.69 Å². The highest BCUT2D eigenvalue weighted by molar-refractivity contribution is 5.99.